The summed E-state index contributed by atoms with van der Waals surface area (Å²) in [7, 11) is -3.45. The van der Waals surface area contributed by atoms with Gasteiger partial charge in [-0.2, -0.15) is 0 Å². The third-order valence-electron chi connectivity index (χ3n) is 5.67. The van der Waals surface area contributed by atoms with Crippen LogP contribution in [0, 0.1) is 11.8 Å². The van der Waals surface area contributed by atoms with Crippen LogP contribution in [0.3, 0.4) is 0 Å². The number of hydrogen-bond acceptors (Lipinski definition) is 4. The summed E-state index contributed by atoms with van der Waals surface area (Å²) < 4.78 is 24.5. The molecule has 5 nitrogen and oxygen atoms in total. The van der Waals surface area contributed by atoms with Gasteiger partial charge in [-0.05, 0) is 41.5 Å². The smallest absolute Gasteiger partial charge is 0.252 e. The molecule has 1 aliphatic rings. The highest BCUT2D eigenvalue weighted by Crippen LogP contribution is 2.22. The first-order valence-electron chi connectivity index (χ1n) is 10.7. The lowest BCUT2D eigenvalue weighted by Gasteiger charge is -2.35. The van der Waals surface area contributed by atoms with Crippen LogP contribution in [-0.4, -0.2) is 38.1 Å². The molecule has 2 aromatic rings. The molecule has 0 radical (unpaired) electrons. The maximum absolute atomic E-state index is 12.6. The second-order valence-corrected chi connectivity index (χ2v) is 10.8. The van der Waals surface area contributed by atoms with Gasteiger partial charge >= 0.3 is 0 Å². The Morgan fingerprint density at radius 3 is 2.23 bits per heavy atom. The minimum absolute atomic E-state index is 0.0344. The highest BCUT2D eigenvalue weighted by atomic mass is 32.2. The number of rotatable bonds is 7. The van der Waals surface area contributed by atoms with E-state index in [0.717, 1.165) is 37.0 Å². The average Bonchev–Trinajstić information content (AvgIpc) is 2.72. The summed E-state index contributed by atoms with van der Waals surface area (Å²) in [6.07, 6.45) is 1.30. The predicted molar refractivity (Wildman–Crippen MR) is 120 cm³/mol. The lowest BCUT2D eigenvalue weighted by Crippen LogP contribution is -2.38. The topological polar surface area (TPSA) is 66.5 Å². The van der Waals surface area contributed by atoms with Gasteiger partial charge in [-0.1, -0.05) is 57.2 Å². The number of amides is 1. The molecule has 0 saturated carbocycles. The Balaban J connectivity index is 1.60. The zero-order chi connectivity index (χ0) is 21.7. The number of nitrogens with zero attached hydrogens (tertiary/aromatic N) is 1. The summed E-state index contributed by atoms with van der Waals surface area (Å²) in [5, 5.41) is 2.85. The molecule has 1 aliphatic heterocycles. The Hall–Kier alpha value is -2.18. The molecular formula is C24H32N2O3S. The van der Waals surface area contributed by atoms with Crippen molar-refractivity contribution >= 4 is 15.7 Å². The first-order valence-corrected chi connectivity index (χ1v) is 12.3. The molecule has 2 aromatic carbocycles. The van der Waals surface area contributed by atoms with Crippen LogP contribution in [-0.2, 0) is 22.9 Å². The van der Waals surface area contributed by atoms with Gasteiger partial charge in [-0.3, -0.25) is 9.69 Å². The maximum Gasteiger partial charge on any atom is 0.252 e. The monoisotopic (exact) mass is 428 g/mol. The molecule has 1 fully saturated rings. The fourth-order valence-corrected chi connectivity index (χ4v) is 5.39. The quantitative estimate of drug-likeness (QED) is 0.727. The van der Waals surface area contributed by atoms with Crippen molar-refractivity contribution in [2.45, 2.75) is 45.2 Å². The van der Waals surface area contributed by atoms with Crippen molar-refractivity contribution in [1.29, 1.82) is 0 Å². The summed E-state index contributed by atoms with van der Waals surface area (Å²) in [5.41, 5.74) is 2.46. The Morgan fingerprint density at radius 1 is 1.00 bits per heavy atom. The zero-order valence-corrected chi connectivity index (χ0v) is 18.9. The van der Waals surface area contributed by atoms with Crippen LogP contribution in [0.15, 0.2) is 53.4 Å². The predicted octanol–water partition coefficient (Wildman–Crippen LogP) is 3.89. The molecule has 1 N–H and O–H groups in total. The second-order valence-electron chi connectivity index (χ2n) is 8.54. The van der Waals surface area contributed by atoms with Gasteiger partial charge in [0.25, 0.3) is 5.91 Å². The van der Waals surface area contributed by atoms with Crippen LogP contribution >= 0.6 is 0 Å². The first kappa shape index (κ1) is 22.5. The van der Waals surface area contributed by atoms with Crippen molar-refractivity contribution in [3.63, 3.8) is 0 Å². The molecule has 0 bridgehead atoms. The van der Waals surface area contributed by atoms with Crippen LogP contribution in [0.4, 0.5) is 0 Å². The summed E-state index contributed by atoms with van der Waals surface area (Å²) in [6, 6.07) is 14.7. The fraction of sp³-hybridized carbons (Fsp3) is 0.458. The van der Waals surface area contributed by atoms with Gasteiger partial charge in [-0.25, -0.2) is 8.42 Å². The average molecular weight is 429 g/mol. The molecule has 3 rings (SSSR count). The minimum Gasteiger partial charge on any atom is -0.348 e. The van der Waals surface area contributed by atoms with Crippen LogP contribution < -0.4 is 5.32 Å². The third-order valence-corrected chi connectivity index (χ3v) is 7.46. The summed E-state index contributed by atoms with van der Waals surface area (Å²) in [5.74, 6) is 1.07. The molecule has 0 aromatic heterocycles. The van der Waals surface area contributed by atoms with Crippen molar-refractivity contribution in [3.05, 3.63) is 65.2 Å². The van der Waals surface area contributed by atoms with E-state index in [-0.39, 0.29) is 22.1 Å². The molecule has 1 heterocycles. The largest absolute Gasteiger partial charge is 0.348 e. The van der Waals surface area contributed by atoms with Gasteiger partial charge in [0, 0.05) is 26.2 Å². The van der Waals surface area contributed by atoms with Crippen molar-refractivity contribution in [2.24, 2.45) is 11.8 Å². The Morgan fingerprint density at radius 2 is 1.60 bits per heavy atom. The highest BCUT2D eigenvalue weighted by molar-refractivity contribution is 7.91. The fourth-order valence-electron chi connectivity index (χ4n) is 4.30. The van der Waals surface area contributed by atoms with Crippen molar-refractivity contribution in [1.82, 2.24) is 10.2 Å². The van der Waals surface area contributed by atoms with E-state index in [9.17, 15) is 13.2 Å². The third kappa shape index (κ3) is 5.70. The van der Waals surface area contributed by atoms with Crippen LogP contribution in [0.5, 0.6) is 0 Å². The number of carbonyl (C=O) groups is 1. The second kappa shape index (κ2) is 9.75. The van der Waals surface area contributed by atoms with Gasteiger partial charge in [0.2, 0.25) is 0 Å². The molecule has 2 atom stereocenters. The van der Waals surface area contributed by atoms with E-state index in [2.05, 4.69) is 36.2 Å². The lowest BCUT2D eigenvalue weighted by molar-refractivity contribution is 0.0947. The summed E-state index contributed by atoms with van der Waals surface area (Å²) in [6.45, 7) is 9.80. The molecule has 30 heavy (non-hydrogen) atoms. The van der Waals surface area contributed by atoms with Gasteiger partial charge < -0.3 is 5.32 Å². The van der Waals surface area contributed by atoms with E-state index in [0.29, 0.717) is 6.54 Å². The highest BCUT2D eigenvalue weighted by Gasteiger charge is 2.22. The summed E-state index contributed by atoms with van der Waals surface area (Å²) >= 11 is 0. The van der Waals surface area contributed by atoms with E-state index in [1.165, 1.54) is 18.1 Å². The number of likely N-dealkylation sites (tertiary alicyclic amines) is 1. The van der Waals surface area contributed by atoms with Gasteiger partial charge in [0.15, 0.2) is 9.84 Å². The van der Waals surface area contributed by atoms with E-state index in [1.807, 2.05) is 12.1 Å². The molecule has 1 saturated heterocycles. The number of nitrogens with one attached hydrogen (secondary N) is 1. The van der Waals surface area contributed by atoms with E-state index in [1.54, 1.807) is 25.1 Å². The summed E-state index contributed by atoms with van der Waals surface area (Å²) in [4.78, 5) is 15.2. The molecule has 0 aliphatic carbocycles. The molecule has 6 heteroatoms. The number of hydrogen-bond donors (Lipinski definition) is 1. The lowest BCUT2D eigenvalue weighted by atomic mass is 9.91. The number of benzene rings is 2. The van der Waals surface area contributed by atoms with E-state index in [4.69, 9.17) is 0 Å². The van der Waals surface area contributed by atoms with Crippen molar-refractivity contribution in [2.75, 3.05) is 18.8 Å². The van der Waals surface area contributed by atoms with Gasteiger partial charge in [-0.15, -0.1) is 0 Å². The van der Waals surface area contributed by atoms with Crippen LogP contribution in [0.1, 0.15) is 48.7 Å². The van der Waals surface area contributed by atoms with E-state index >= 15 is 0 Å². The Bertz CT molecular complexity index is 960. The van der Waals surface area contributed by atoms with Crippen LogP contribution in [0.2, 0.25) is 0 Å². The molecule has 162 valence electrons. The van der Waals surface area contributed by atoms with Crippen molar-refractivity contribution < 1.29 is 13.2 Å². The van der Waals surface area contributed by atoms with Gasteiger partial charge in [0.05, 0.1) is 16.2 Å². The maximum atomic E-state index is 12.6. The Kier molecular flexibility index (Phi) is 7.32. The molecule has 0 spiro atoms. The molecular weight excluding hydrogens is 396 g/mol. The number of sulfone groups is 1. The van der Waals surface area contributed by atoms with Crippen LogP contribution in [0.25, 0.3) is 0 Å². The minimum atomic E-state index is -3.45. The number of piperidine rings is 1. The molecule has 1 amide bonds. The normalized spacial score (nSPS) is 20.1. The molecule has 2 unspecified atom stereocenters. The van der Waals surface area contributed by atoms with Gasteiger partial charge in [0.1, 0.15) is 0 Å². The standard InChI is InChI=1S/C24H32N2O3S/c1-4-30(28,29)23-8-6-5-7-22(23)24(27)25-14-20-9-11-21(12-10-20)17-26-15-18(2)13-19(3)16-26/h5-12,18-19H,4,13-17H2,1-3H3,(H,25,27). The Labute approximate surface area is 180 Å². The van der Waals surface area contributed by atoms with E-state index < -0.39 is 9.84 Å². The van der Waals surface area contributed by atoms with Crippen molar-refractivity contribution in [3.8, 4) is 0 Å². The number of carbonyl (C=O) groups excluding carboxylic acids is 1. The first-order chi connectivity index (χ1) is 14.3. The SMILES string of the molecule is CCS(=O)(=O)c1ccccc1C(=O)NCc1ccc(CN2CC(C)CC(C)C2)cc1. The zero-order valence-electron chi connectivity index (χ0n) is 18.1.